The summed E-state index contributed by atoms with van der Waals surface area (Å²) >= 11 is 0. The third-order valence-corrected chi connectivity index (χ3v) is 4.53. The lowest BCUT2D eigenvalue weighted by Crippen LogP contribution is -2.28. The number of ether oxygens (including phenoxy) is 2. The minimum absolute atomic E-state index is 0.293. The van der Waals surface area contributed by atoms with E-state index in [-0.39, 0.29) is 0 Å². The van der Waals surface area contributed by atoms with E-state index in [2.05, 4.69) is 16.4 Å². The van der Waals surface area contributed by atoms with Gasteiger partial charge in [0.15, 0.2) is 0 Å². The SMILES string of the molecule is COc1cc(OC)c2cc(CNCCCN3CCCC3=O)cnc2c1. The van der Waals surface area contributed by atoms with Crippen LogP contribution in [-0.2, 0) is 11.3 Å². The smallest absolute Gasteiger partial charge is 0.222 e. The fourth-order valence-corrected chi connectivity index (χ4v) is 3.17. The van der Waals surface area contributed by atoms with E-state index in [1.54, 1.807) is 14.2 Å². The molecule has 1 aliphatic rings. The zero-order chi connectivity index (χ0) is 17.6. The van der Waals surface area contributed by atoms with E-state index in [0.29, 0.717) is 12.3 Å². The van der Waals surface area contributed by atoms with Crippen molar-refractivity contribution in [3.63, 3.8) is 0 Å². The predicted molar refractivity (Wildman–Crippen MR) is 97.0 cm³/mol. The molecule has 1 N–H and O–H groups in total. The number of fused-ring (bicyclic) bond motifs is 1. The van der Waals surface area contributed by atoms with Crippen LogP contribution in [0, 0.1) is 0 Å². The molecule has 1 aromatic heterocycles. The summed E-state index contributed by atoms with van der Waals surface area (Å²) in [4.78, 5) is 18.0. The van der Waals surface area contributed by atoms with Crippen molar-refractivity contribution in [3.8, 4) is 11.5 Å². The van der Waals surface area contributed by atoms with E-state index < -0.39 is 0 Å². The van der Waals surface area contributed by atoms with Crippen LogP contribution in [-0.4, -0.2) is 49.6 Å². The third kappa shape index (κ3) is 4.20. The van der Waals surface area contributed by atoms with E-state index in [0.717, 1.165) is 67.0 Å². The topological polar surface area (TPSA) is 63.7 Å². The van der Waals surface area contributed by atoms with E-state index in [1.165, 1.54) is 0 Å². The molecule has 0 aliphatic carbocycles. The molecule has 2 aromatic rings. The number of aromatic nitrogens is 1. The second-order valence-corrected chi connectivity index (χ2v) is 6.25. The number of nitrogens with one attached hydrogen (secondary N) is 1. The molecule has 1 amide bonds. The first-order chi connectivity index (χ1) is 12.2. The molecule has 6 heteroatoms. The molecule has 3 rings (SSSR count). The van der Waals surface area contributed by atoms with Crippen LogP contribution in [0.1, 0.15) is 24.8 Å². The van der Waals surface area contributed by atoms with Crippen LogP contribution in [0.15, 0.2) is 24.4 Å². The van der Waals surface area contributed by atoms with Crippen LogP contribution in [0.25, 0.3) is 10.9 Å². The van der Waals surface area contributed by atoms with Gasteiger partial charge in [-0.3, -0.25) is 9.78 Å². The van der Waals surface area contributed by atoms with Crippen molar-refractivity contribution in [1.29, 1.82) is 0 Å². The van der Waals surface area contributed by atoms with E-state index in [4.69, 9.17) is 9.47 Å². The fourth-order valence-electron chi connectivity index (χ4n) is 3.17. The highest BCUT2D eigenvalue weighted by atomic mass is 16.5. The van der Waals surface area contributed by atoms with Crippen molar-refractivity contribution >= 4 is 16.8 Å². The molecule has 25 heavy (non-hydrogen) atoms. The zero-order valence-electron chi connectivity index (χ0n) is 14.9. The van der Waals surface area contributed by atoms with Crippen LogP contribution in [0.4, 0.5) is 0 Å². The Labute approximate surface area is 148 Å². The number of methoxy groups -OCH3 is 2. The number of benzene rings is 1. The summed E-state index contributed by atoms with van der Waals surface area (Å²) in [5, 5.41) is 4.40. The molecule has 1 fully saturated rings. The van der Waals surface area contributed by atoms with Gasteiger partial charge in [-0.25, -0.2) is 0 Å². The van der Waals surface area contributed by atoms with Crippen molar-refractivity contribution in [3.05, 3.63) is 30.0 Å². The molecule has 134 valence electrons. The van der Waals surface area contributed by atoms with Gasteiger partial charge in [-0.1, -0.05) is 0 Å². The van der Waals surface area contributed by atoms with Gasteiger partial charge < -0.3 is 19.7 Å². The number of rotatable bonds is 8. The van der Waals surface area contributed by atoms with Crippen molar-refractivity contribution in [2.45, 2.75) is 25.8 Å². The zero-order valence-corrected chi connectivity index (χ0v) is 14.9. The molecule has 0 saturated carbocycles. The van der Waals surface area contributed by atoms with Crippen LogP contribution < -0.4 is 14.8 Å². The molecule has 2 heterocycles. The van der Waals surface area contributed by atoms with Crippen LogP contribution >= 0.6 is 0 Å². The Kier molecular flexibility index (Phi) is 5.71. The number of hydrogen-bond acceptors (Lipinski definition) is 5. The molecule has 0 bridgehead atoms. The van der Waals surface area contributed by atoms with Crippen molar-refractivity contribution < 1.29 is 14.3 Å². The summed E-state index contributed by atoms with van der Waals surface area (Å²) < 4.78 is 10.7. The highest BCUT2D eigenvalue weighted by Crippen LogP contribution is 2.30. The van der Waals surface area contributed by atoms with Gasteiger partial charge in [0.1, 0.15) is 11.5 Å². The summed E-state index contributed by atoms with van der Waals surface area (Å²) in [6, 6.07) is 5.87. The van der Waals surface area contributed by atoms with E-state index in [1.807, 2.05) is 23.2 Å². The number of carbonyl (C=O) groups excluding carboxylic acids is 1. The van der Waals surface area contributed by atoms with Gasteiger partial charge in [-0.2, -0.15) is 0 Å². The molecule has 0 spiro atoms. The van der Waals surface area contributed by atoms with Gasteiger partial charge in [0.2, 0.25) is 5.91 Å². The van der Waals surface area contributed by atoms with Crippen LogP contribution in [0.2, 0.25) is 0 Å². The van der Waals surface area contributed by atoms with Crippen LogP contribution in [0.3, 0.4) is 0 Å². The van der Waals surface area contributed by atoms with Crippen molar-refractivity contribution in [2.75, 3.05) is 33.9 Å². The van der Waals surface area contributed by atoms with Gasteiger partial charge in [0.05, 0.1) is 19.7 Å². The standard InChI is InChI=1S/C19H25N3O3/c1-24-15-10-17-16(18(11-15)25-2)9-14(13-21-17)12-20-6-4-8-22-7-3-5-19(22)23/h9-11,13,20H,3-8,12H2,1-2H3. The first kappa shape index (κ1) is 17.5. The lowest BCUT2D eigenvalue weighted by molar-refractivity contribution is -0.127. The average molecular weight is 343 g/mol. The summed E-state index contributed by atoms with van der Waals surface area (Å²) in [5.41, 5.74) is 1.96. The quantitative estimate of drug-likeness (QED) is 0.746. The fraction of sp³-hybridized carbons (Fsp3) is 0.474. The highest BCUT2D eigenvalue weighted by molar-refractivity contribution is 5.87. The second kappa shape index (κ2) is 8.16. The minimum atomic E-state index is 0.293. The van der Waals surface area contributed by atoms with Crippen molar-refractivity contribution in [2.24, 2.45) is 0 Å². The average Bonchev–Trinajstić information content (AvgIpc) is 3.05. The number of nitrogens with zero attached hydrogens (tertiary/aromatic N) is 2. The molecular formula is C19H25N3O3. The number of carbonyl (C=O) groups is 1. The number of pyridine rings is 1. The second-order valence-electron chi connectivity index (χ2n) is 6.25. The molecule has 1 aliphatic heterocycles. The first-order valence-electron chi connectivity index (χ1n) is 8.70. The van der Waals surface area contributed by atoms with Crippen LogP contribution in [0.5, 0.6) is 11.5 Å². The summed E-state index contributed by atoms with van der Waals surface area (Å²) in [5.74, 6) is 1.79. The Morgan fingerprint density at radius 1 is 1.24 bits per heavy atom. The number of likely N-dealkylation sites (tertiary alicyclic amines) is 1. The number of amides is 1. The van der Waals surface area contributed by atoms with Gasteiger partial charge in [0, 0.05) is 49.8 Å². The maximum atomic E-state index is 11.6. The Morgan fingerprint density at radius 2 is 2.12 bits per heavy atom. The summed E-state index contributed by atoms with van der Waals surface area (Å²) in [7, 11) is 3.29. The first-order valence-corrected chi connectivity index (χ1v) is 8.70. The van der Waals surface area contributed by atoms with E-state index >= 15 is 0 Å². The lowest BCUT2D eigenvalue weighted by Gasteiger charge is -2.15. The normalized spacial score (nSPS) is 14.3. The molecular weight excluding hydrogens is 318 g/mol. The molecule has 0 unspecified atom stereocenters. The maximum Gasteiger partial charge on any atom is 0.222 e. The summed E-state index contributed by atoms with van der Waals surface area (Å²) in [6.07, 6.45) is 4.55. The molecule has 1 aromatic carbocycles. The lowest BCUT2D eigenvalue weighted by atomic mass is 10.1. The Hall–Kier alpha value is -2.34. The Balaban J connectivity index is 1.55. The molecule has 6 nitrogen and oxygen atoms in total. The predicted octanol–water partition coefficient (Wildman–Crippen LogP) is 2.35. The Morgan fingerprint density at radius 3 is 2.84 bits per heavy atom. The van der Waals surface area contributed by atoms with E-state index in [9.17, 15) is 4.79 Å². The largest absolute Gasteiger partial charge is 0.497 e. The number of hydrogen-bond donors (Lipinski definition) is 1. The van der Waals surface area contributed by atoms with Crippen molar-refractivity contribution in [1.82, 2.24) is 15.2 Å². The van der Waals surface area contributed by atoms with Gasteiger partial charge in [-0.05, 0) is 31.0 Å². The van der Waals surface area contributed by atoms with Gasteiger partial charge >= 0.3 is 0 Å². The minimum Gasteiger partial charge on any atom is -0.497 e. The Bertz CT molecular complexity index is 748. The van der Waals surface area contributed by atoms with Gasteiger partial charge in [-0.15, -0.1) is 0 Å². The maximum absolute atomic E-state index is 11.6. The summed E-state index contributed by atoms with van der Waals surface area (Å²) in [6.45, 7) is 3.37. The third-order valence-electron chi connectivity index (χ3n) is 4.53. The monoisotopic (exact) mass is 343 g/mol. The molecule has 1 saturated heterocycles. The highest BCUT2D eigenvalue weighted by Gasteiger charge is 2.18. The van der Waals surface area contributed by atoms with Gasteiger partial charge in [0.25, 0.3) is 0 Å². The molecule has 0 radical (unpaired) electrons. The molecule has 0 atom stereocenters.